The zero-order valence-corrected chi connectivity index (χ0v) is 8.52. The Bertz CT molecular complexity index is 371. The number of aliphatic hydroxyl groups excluding tert-OH is 1. The third kappa shape index (κ3) is 2.19. The van der Waals surface area contributed by atoms with E-state index in [1.54, 1.807) is 11.3 Å². The van der Waals surface area contributed by atoms with Gasteiger partial charge in [-0.3, -0.25) is 0 Å². The van der Waals surface area contributed by atoms with Crippen molar-refractivity contribution in [3.8, 4) is 0 Å². The summed E-state index contributed by atoms with van der Waals surface area (Å²) in [6.07, 6.45) is 3.51. The number of hydrogen-bond donors (Lipinski definition) is 1. The van der Waals surface area contributed by atoms with Crippen molar-refractivity contribution in [2.75, 3.05) is 0 Å². The summed E-state index contributed by atoms with van der Waals surface area (Å²) in [4.78, 5) is 1.02. The Kier molecular flexibility index (Phi) is 2.91. The molecular weight excluding hydrogens is 194 g/mol. The maximum absolute atomic E-state index is 9.85. The lowest BCUT2D eigenvalue weighted by Gasteiger charge is -2.03. The van der Waals surface area contributed by atoms with Crippen molar-refractivity contribution in [3.63, 3.8) is 0 Å². The molecule has 2 nitrogen and oxygen atoms in total. The Morgan fingerprint density at radius 2 is 2.00 bits per heavy atom. The number of aromatic nitrogens is 1. The Morgan fingerprint density at radius 3 is 2.64 bits per heavy atom. The first-order valence-electron chi connectivity index (χ1n) is 4.52. The lowest BCUT2D eigenvalue weighted by Crippen LogP contribution is -2.35. The Morgan fingerprint density at radius 1 is 1.21 bits per heavy atom. The van der Waals surface area contributed by atoms with E-state index in [2.05, 4.69) is 0 Å². The van der Waals surface area contributed by atoms with Crippen LogP contribution in [-0.4, -0.2) is 5.11 Å². The minimum Gasteiger partial charge on any atom is -0.381 e. The monoisotopic (exact) mass is 206 g/mol. The van der Waals surface area contributed by atoms with Crippen molar-refractivity contribution in [3.05, 3.63) is 53.0 Å². The highest BCUT2D eigenvalue weighted by Crippen LogP contribution is 2.18. The molecule has 0 amide bonds. The van der Waals surface area contributed by atoms with Gasteiger partial charge in [0.25, 0.3) is 0 Å². The van der Waals surface area contributed by atoms with Gasteiger partial charge < -0.3 is 5.11 Å². The van der Waals surface area contributed by atoms with E-state index in [1.165, 1.54) is 0 Å². The quantitative estimate of drug-likeness (QED) is 0.760. The maximum Gasteiger partial charge on any atom is 0.179 e. The van der Waals surface area contributed by atoms with Crippen molar-refractivity contribution in [1.29, 1.82) is 0 Å². The molecule has 2 rings (SSSR count). The molecule has 0 spiro atoms. The summed E-state index contributed by atoms with van der Waals surface area (Å²) >= 11 is 1.59. The molecule has 2 heterocycles. The molecule has 0 radical (unpaired) electrons. The van der Waals surface area contributed by atoms with Crippen LogP contribution >= 0.6 is 11.3 Å². The second kappa shape index (κ2) is 4.35. The summed E-state index contributed by atoms with van der Waals surface area (Å²) in [5.41, 5.74) is 0. The maximum atomic E-state index is 9.85. The van der Waals surface area contributed by atoms with E-state index in [1.807, 2.05) is 52.7 Å². The Labute approximate surface area is 87.1 Å². The third-order valence-electron chi connectivity index (χ3n) is 2.03. The Balaban J connectivity index is 2.06. The fourth-order valence-corrected chi connectivity index (χ4v) is 2.03. The highest BCUT2D eigenvalue weighted by Gasteiger charge is 2.13. The molecule has 0 saturated heterocycles. The number of aliphatic hydroxyl groups is 1. The molecule has 72 valence electrons. The van der Waals surface area contributed by atoms with E-state index >= 15 is 0 Å². The predicted octanol–water partition coefficient (Wildman–Crippen LogP) is 1.77. The molecule has 0 aliphatic rings. The molecule has 0 fully saturated rings. The van der Waals surface area contributed by atoms with Crippen LogP contribution in [-0.2, 0) is 6.54 Å². The van der Waals surface area contributed by atoms with Crippen LogP contribution in [0, 0.1) is 0 Å². The van der Waals surface area contributed by atoms with Crippen molar-refractivity contribution in [2.24, 2.45) is 0 Å². The fraction of sp³-hybridized carbons (Fsp3) is 0.182. The molecule has 0 unspecified atom stereocenters. The normalized spacial score (nSPS) is 12.6. The third-order valence-corrected chi connectivity index (χ3v) is 3.01. The van der Waals surface area contributed by atoms with Crippen molar-refractivity contribution in [1.82, 2.24) is 0 Å². The number of rotatable bonds is 3. The summed E-state index contributed by atoms with van der Waals surface area (Å²) < 4.78 is 1.98. The largest absolute Gasteiger partial charge is 0.381 e. The summed E-state index contributed by atoms with van der Waals surface area (Å²) in [7, 11) is 0. The molecular formula is C11H12NOS+. The van der Waals surface area contributed by atoms with Gasteiger partial charge in [-0.25, -0.2) is 4.57 Å². The lowest BCUT2D eigenvalue weighted by atomic mass is 10.3. The van der Waals surface area contributed by atoms with Gasteiger partial charge in [-0.15, -0.1) is 11.3 Å². The topological polar surface area (TPSA) is 24.1 Å². The van der Waals surface area contributed by atoms with Crippen LogP contribution in [0.5, 0.6) is 0 Å². The molecule has 14 heavy (non-hydrogen) atoms. The highest BCUT2D eigenvalue weighted by molar-refractivity contribution is 7.10. The molecule has 3 heteroatoms. The molecule has 1 N–H and O–H groups in total. The fourth-order valence-electron chi connectivity index (χ4n) is 1.33. The van der Waals surface area contributed by atoms with Crippen LogP contribution in [0.1, 0.15) is 11.0 Å². The van der Waals surface area contributed by atoms with E-state index in [0.29, 0.717) is 6.54 Å². The zero-order valence-electron chi connectivity index (χ0n) is 7.71. The molecule has 2 aromatic rings. The number of nitrogens with zero attached hydrogens (tertiary/aromatic N) is 1. The summed E-state index contributed by atoms with van der Waals surface area (Å²) in [6.45, 7) is 0.612. The van der Waals surface area contributed by atoms with Crippen LogP contribution in [0.4, 0.5) is 0 Å². The highest BCUT2D eigenvalue weighted by atomic mass is 32.1. The Hall–Kier alpha value is -1.19. The first kappa shape index (κ1) is 9.37. The van der Waals surface area contributed by atoms with Crippen LogP contribution in [0.15, 0.2) is 48.1 Å². The second-order valence-corrected chi connectivity index (χ2v) is 4.08. The molecule has 0 aliphatic heterocycles. The van der Waals surface area contributed by atoms with Gasteiger partial charge in [-0.2, -0.15) is 0 Å². The molecule has 0 aliphatic carbocycles. The average Bonchev–Trinajstić information content (AvgIpc) is 2.72. The zero-order chi connectivity index (χ0) is 9.80. The van der Waals surface area contributed by atoms with Gasteiger partial charge in [0.15, 0.2) is 18.9 Å². The minimum absolute atomic E-state index is 0.401. The first-order chi connectivity index (χ1) is 6.86. The number of thiophene rings is 1. The molecule has 0 bridgehead atoms. The molecule has 1 atom stereocenters. The van der Waals surface area contributed by atoms with Gasteiger partial charge >= 0.3 is 0 Å². The standard InChI is InChI=1S/C11H12NOS/c13-10(11-5-4-8-14-11)9-12-6-2-1-3-7-12/h1-8,10,13H,9H2/q+1/t10-/m1/s1. The van der Waals surface area contributed by atoms with E-state index in [4.69, 9.17) is 0 Å². The van der Waals surface area contributed by atoms with Crippen LogP contribution in [0.3, 0.4) is 0 Å². The van der Waals surface area contributed by atoms with Crippen LogP contribution < -0.4 is 4.57 Å². The van der Waals surface area contributed by atoms with E-state index in [9.17, 15) is 5.11 Å². The number of hydrogen-bond acceptors (Lipinski definition) is 2. The second-order valence-electron chi connectivity index (χ2n) is 3.10. The lowest BCUT2D eigenvalue weighted by molar-refractivity contribution is -0.704. The first-order valence-corrected chi connectivity index (χ1v) is 5.40. The molecule has 0 aromatic carbocycles. The smallest absolute Gasteiger partial charge is 0.179 e. The van der Waals surface area contributed by atoms with Crippen LogP contribution in [0.25, 0.3) is 0 Å². The van der Waals surface area contributed by atoms with Crippen molar-refractivity contribution < 1.29 is 9.67 Å². The molecule has 2 aromatic heterocycles. The summed E-state index contributed by atoms with van der Waals surface area (Å²) in [5, 5.41) is 11.8. The summed E-state index contributed by atoms with van der Waals surface area (Å²) in [6, 6.07) is 9.80. The van der Waals surface area contributed by atoms with E-state index in [0.717, 1.165) is 4.88 Å². The SMILES string of the molecule is O[C@H](C[n+]1ccccc1)c1cccs1. The van der Waals surface area contributed by atoms with E-state index < -0.39 is 6.10 Å². The van der Waals surface area contributed by atoms with Crippen LogP contribution in [0.2, 0.25) is 0 Å². The average molecular weight is 206 g/mol. The predicted molar refractivity (Wildman–Crippen MR) is 55.9 cm³/mol. The van der Waals surface area contributed by atoms with Crippen molar-refractivity contribution >= 4 is 11.3 Å². The van der Waals surface area contributed by atoms with E-state index in [-0.39, 0.29) is 0 Å². The van der Waals surface area contributed by atoms with Crippen molar-refractivity contribution in [2.45, 2.75) is 12.6 Å². The molecule has 0 saturated carbocycles. The summed E-state index contributed by atoms with van der Waals surface area (Å²) in [5.74, 6) is 0. The van der Waals surface area contributed by atoms with Gasteiger partial charge in [-0.1, -0.05) is 12.1 Å². The van der Waals surface area contributed by atoms with Gasteiger partial charge in [0.05, 0.1) is 0 Å². The van der Waals surface area contributed by atoms with Gasteiger partial charge in [0.2, 0.25) is 0 Å². The number of pyridine rings is 1. The van der Waals surface area contributed by atoms with Gasteiger partial charge in [-0.05, 0) is 11.4 Å². The van der Waals surface area contributed by atoms with Gasteiger partial charge in [0.1, 0.15) is 6.10 Å². The minimum atomic E-state index is -0.401. The van der Waals surface area contributed by atoms with Gasteiger partial charge in [0, 0.05) is 17.0 Å².